The summed E-state index contributed by atoms with van der Waals surface area (Å²) in [6.07, 6.45) is 6.83. The van der Waals surface area contributed by atoms with Crippen molar-refractivity contribution in [3.05, 3.63) is 22.4 Å². The fraction of sp³-hybridized carbons (Fsp3) is 0.222. The van der Waals surface area contributed by atoms with Crippen LogP contribution in [0.1, 0.15) is 10.5 Å². The highest BCUT2D eigenvalue weighted by Gasteiger charge is 2.09. The Hall–Kier alpha value is -1.21. The molecule has 13 heavy (non-hydrogen) atoms. The molecule has 4 heteroatoms. The molecule has 1 N–H and O–H groups in total. The summed E-state index contributed by atoms with van der Waals surface area (Å²) in [4.78, 5) is 11.4. The molecule has 1 rings (SSSR count). The number of terminal acetylenes is 1. The molecular weight excluding hydrogens is 232 g/mol. The van der Waals surface area contributed by atoms with Gasteiger partial charge in [0.05, 0.1) is 6.54 Å². The van der Waals surface area contributed by atoms with Crippen LogP contribution in [0.3, 0.4) is 0 Å². The smallest absolute Gasteiger partial charge is 0.268 e. The first kappa shape index (κ1) is 9.87. The van der Waals surface area contributed by atoms with Gasteiger partial charge in [0.15, 0.2) is 0 Å². The first-order valence-electron chi connectivity index (χ1n) is 3.68. The van der Waals surface area contributed by atoms with E-state index in [9.17, 15) is 4.79 Å². The van der Waals surface area contributed by atoms with E-state index in [1.807, 2.05) is 6.20 Å². The molecular formula is C9H9BrN2O. The minimum Gasteiger partial charge on any atom is -0.345 e. The lowest BCUT2D eigenvalue weighted by Crippen LogP contribution is -2.25. The van der Waals surface area contributed by atoms with Crippen LogP contribution >= 0.6 is 15.9 Å². The number of nitrogens with zero attached hydrogens (tertiary/aromatic N) is 1. The summed E-state index contributed by atoms with van der Waals surface area (Å²) >= 11 is 3.28. The quantitative estimate of drug-likeness (QED) is 0.774. The van der Waals surface area contributed by atoms with E-state index in [-0.39, 0.29) is 12.5 Å². The Bertz CT molecular complexity index is 362. The van der Waals surface area contributed by atoms with Gasteiger partial charge in [-0.2, -0.15) is 0 Å². The summed E-state index contributed by atoms with van der Waals surface area (Å²) in [5.74, 6) is 2.18. The number of hydrogen-bond acceptors (Lipinski definition) is 1. The molecule has 1 aromatic heterocycles. The summed E-state index contributed by atoms with van der Waals surface area (Å²) in [6.45, 7) is 0.252. The van der Waals surface area contributed by atoms with E-state index in [2.05, 4.69) is 27.2 Å². The highest BCUT2D eigenvalue weighted by molar-refractivity contribution is 9.10. The number of amides is 1. The molecule has 0 saturated heterocycles. The van der Waals surface area contributed by atoms with Crippen LogP contribution in [0.15, 0.2) is 16.7 Å². The van der Waals surface area contributed by atoms with Gasteiger partial charge >= 0.3 is 0 Å². The molecule has 0 spiro atoms. The molecule has 0 bridgehead atoms. The number of rotatable bonds is 2. The second-order valence-corrected chi connectivity index (χ2v) is 3.46. The molecule has 0 aliphatic heterocycles. The van der Waals surface area contributed by atoms with Crippen molar-refractivity contribution in [2.45, 2.75) is 0 Å². The van der Waals surface area contributed by atoms with E-state index in [1.165, 1.54) is 0 Å². The van der Waals surface area contributed by atoms with Crippen molar-refractivity contribution in [2.24, 2.45) is 7.05 Å². The van der Waals surface area contributed by atoms with Gasteiger partial charge in [-0.15, -0.1) is 6.42 Å². The molecule has 0 saturated carbocycles. The molecule has 1 amide bonds. The molecule has 0 unspecified atom stereocenters. The summed E-state index contributed by atoms with van der Waals surface area (Å²) in [7, 11) is 1.80. The van der Waals surface area contributed by atoms with Crippen molar-refractivity contribution >= 4 is 21.8 Å². The number of nitrogens with one attached hydrogen (secondary N) is 1. The molecule has 0 aliphatic carbocycles. The Kier molecular flexibility index (Phi) is 3.15. The molecule has 0 fully saturated rings. The Morgan fingerprint density at radius 2 is 2.54 bits per heavy atom. The van der Waals surface area contributed by atoms with Crippen LogP contribution in [0.25, 0.3) is 0 Å². The van der Waals surface area contributed by atoms with E-state index in [4.69, 9.17) is 6.42 Å². The fourth-order valence-electron chi connectivity index (χ4n) is 0.972. The van der Waals surface area contributed by atoms with Gasteiger partial charge in [0.25, 0.3) is 5.91 Å². The number of hydrogen-bond donors (Lipinski definition) is 1. The zero-order chi connectivity index (χ0) is 9.84. The zero-order valence-electron chi connectivity index (χ0n) is 7.17. The Morgan fingerprint density at radius 3 is 3.00 bits per heavy atom. The third-order valence-electron chi connectivity index (χ3n) is 1.56. The normalized spacial score (nSPS) is 9.31. The lowest BCUT2D eigenvalue weighted by atomic mass is 10.4. The standard InChI is InChI=1S/C9H9BrN2O/c1-3-4-11-9(13)8-5-7(10)6-12(8)2/h1,5-6H,4H2,2H3,(H,11,13). The summed E-state index contributed by atoms with van der Waals surface area (Å²) in [5, 5.41) is 2.59. The maximum Gasteiger partial charge on any atom is 0.268 e. The summed E-state index contributed by atoms with van der Waals surface area (Å²) < 4.78 is 2.61. The third kappa shape index (κ3) is 2.36. The number of aromatic nitrogens is 1. The Morgan fingerprint density at radius 1 is 1.85 bits per heavy atom. The first-order valence-corrected chi connectivity index (χ1v) is 4.48. The van der Waals surface area contributed by atoms with Crippen LogP contribution < -0.4 is 5.32 Å². The van der Waals surface area contributed by atoms with Gasteiger partial charge < -0.3 is 9.88 Å². The Balaban J connectivity index is 2.78. The van der Waals surface area contributed by atoms with Crippen molar-refractivity contribution in [3.8, 4) is 12.3 Å². The minimum atomic E-state index is -0.161. The maximum absolute atomic E-state index is 11.4. The third-order valence-corrected chi connectivity index (χ3v) is 1.99. The fourth-order valence-corrected chi connectivity index (χ4v) is 1.50. The van der Waals surface area contributed by atoms with Gasteiger partial charge in [-0.25, -0.2) is 0 Å². The SMILES string of the molecule is C#CCNC(=O)c1cc(Br)cn1C. The highest BCUT2D eigenvalue weighted by atomic mass is 79.9. The van der Waals surface area contributed by atoms with Crippen molar-refractivity contribution in [1.29, 1.82) is 0 Å². The number of carbonyl (C=O) groups excluding carboxylic acids is 1. The van der Waals surface area contributed by atoms with E-state index in [0.29, 0.717) is 5.69 Å². The largest absolute Gasteiger partial charge is 0.345 e. The van der Waals surface area contributed by atoms with Gasteiger partial charge in [0, 0.05) is 17.7 Å². The van der Waals surface area contributed by atoms with Crippen molar-refractivity contribution in [3.63, 3.8) is 0 Å². The second-order valence-electron chi connectivity index (χ2n) is 2.54. The molecule has 68 valence electrons. The van der Waals surface area contributed by atoms with E-state index in [1.54, 1.807) is 17.7 Å². The van der Waals surface area contributed by atoms with E-state index < -0.39 is 0 Å². The topological polar surface area (TPSA) is 34.0 Å². The first-order chi connectivity index (χ1) is 6.15. The van der Waals surface area contributed by atoms with Gasteiger partial charge in [-0.05, 0) is 22.0 Å². The van der Waals surface area contributed by atoms with Gasteiger partial charge in [-0.1, -0.05) is 5.92 Å². The maximum atomic E-state index is 11.4. The molecule has 0 radical (unpaired) electrons. The predicted octanol–water partition coefficient (Wildman–Crippen LogP) is 1.15. The van der Waals surface area contributed by atoms with Crippen molar-refractivity contribution in [2.75, 3.05) is 6.54 Å². The molecule has 0 aromatic carbocycles. The summed E-state index contributed by atoms with van der Waals surface area (Å²) in [5.41, 5.74) is 0.585. The average Bonchev–Trinajstić information content (AvgIpc) is 2.41. The monoisotopic (exact) mass is 240 g/mol. The van der Waals surface area contributed by atoms with Crippen LogP contribution in [0, 0.1) is 12.3 Å². The van der Waals surface area contributed by atoms with Gasteiger partial charge in [0.1, 0.15) is 5.69 Å². The van der Waals surface area contributed by atoms with E-state index in [0.717, 1.165) is 4.47 Å². The van der Waals surface area contributed by atoms with Crippen molar-refractivity contribution in [1.82, 2.24) is 9.88 Å². The molecule has 3 nitrogen and oxygen atoms in total. The van der Waals surface area contributed by atoms with E-state index >= 15 is 0 Å². The second kappa shape index (κ2) is 4.15. The summed E-state index contributed by atoms with van der Waals surface area (Å²) in [6, 6.07) is 1.74. The molecule has 1 aromatic rings. The van der Waals surface area contributed by atoms with Crippen molar-refractivity contribution < 1.29 is 4.79 Å². The lowest BCUT2D eigenvalue weighted by Gasteiger charge is -2.01. The van der Waals surface area contributed by atoms with Crippen LogP contribution in [-0.4, -0.2) is 17.0 Å². The van der Waals surface area contributed by atoms with Gasteiger partial charge in [0.2, 0.25) is 0 Å². The zero-order valence-corrected chi connectivity index (χ0v) is 8.76. The van der Waals surface area contributed by atoms with Crippen LogP contribution in [-0.2, 0) is 7.05 Å². The molecule has 0 aliphatic rings. The van der Waals surface area contributed by atoms with Crippen LogP contribution in [0.2, 0.25) is 0 Å². The number of aryl methyl sites for hydroxylation is 1. The number of halogens is 1. The van der Waals surface area contributed by atoms with Gasteiger partial charge in [-0.3, -0.25) is 4.79 Å². The number of carbonyl (C=O) groups is 1. The molecule has 1 heterocycles. The predicted molar refractivity (Wildman–Crippen MR) is 54.3 cm³/mol. The van der Waals surface area contributed by atoms with Crippen LogP contribution in [0.4, 0.5) is 0 Å². The highest BCUT2D eigenvalue weighted by Crippen LogP contribution is 2.13. The minimum absolute atomic E-state index is 0.161. The lowest BCUT2D eigenvalue weighted by molar-refractivity contribution is 0.0950. The van der Waals surface area contributed by atoms with Crippen LogP contribution in [0.5, 0.6) is 0 Å². The average molecular weight is 241 g/mol. The molecule has 0 atom stereocenters. The Labute approximate surface area is 85.3 Å².